The van der Waals surface area contributed by atoms with Crippen molar-refractivity contribution in [2.45, 2.75) is 6.42 Å². The van der Waals surface area contributed by atoms with Crippen LogP contribution >= 0.6 is 24.0 Å². The number of carbonyl (C=O) groups is 1. The molecular weight excluding hydrogens is 261 g/mol. The Balaban J connectivity index is 0.00000144. The molecule has 1 amide bonds. The van der Waals surface area contributed by atoms with Gasteiger partial charge in [-0.3, -0.25) is 4.79 Å². The van der Waals surface area contributed by atoms with Gasteiger partial charge in [-0.1, -0.05) is 11.6 Å². The molecule has 2 rings (SSSR count). The highest BCUT2D eigenvalue weighted by Gasteiger charge is 2.19. The zero-order valence-electron chi connectivity index (χ0n) is 9.36. The predicted molar refractivity (Wildman–Crippen MR) is 69.9 cm³/mol. The Labute approximate surface area is 112 Å². The Morgan fingerprint density at radius 2 is 2.24 bits per heavy atom. The smallest absolute Gasteiger partial charge is 0.257 e. The molecule has 1 fully saturated rings. The molecule has 0 radical (unpaired) electrons. The van der Waals surface area contributed by atoms with E-state index in [2.05, 4.69) is 10.3 Å². The molecule has 17 heavy (non-hydrogen) atoms. The van der Waals surface area contributed by atoms with Crippen molar-refractivity contribution in [2.24, 2.45) is 0 Å². The summed E-state index contributed by atoms with van der Waals surface area (Å²) in [7, 11) is 0. The van der Waals surface area contributed by atoms with Crippen molar-refractivity contribution in [1.82, 2.24) is 15.2 Å². The molecule has 4 nitrogen and oxygen atoms in total. The molecule has 0 atom stereocenters. The summed E-state index contributed by atoms with van der Waals surface area (Å²) < 4.78 is 0. The molecule has 1 aliphatic heterocycles. The molecule has 1 aliphatic rings. The standard InChI is InChI=1S/C11H14ClN3O.ClH/c12-10-9(3-1-5-14-10)11(16)15-7-2-4-13-6-8-15;/h1,3,5,13H,2,4,6-8H2;1H. The highest BCUT2D eigenvalue weighted by atomic mass is 35.5. The largest absolute Gasteiger partial charge is 0.337 e. The molecule has 0 bridgehead atoms. The molecule has 1 aromatic heterocycles. The van der Waals surface area contributed by atoms with Gasteiger partial charge in [-0.2, -0.15) is 0 Å². The number of hydrogen-bond donors (Lipinski definition) is 1. The summed E-state index contributed by atoms with van der Waals surface area (Å²) in [6, 6.07) is 3.45. The van der Waals surface area contributed by atoms with Crippen LogP contribution in [0.2, 0.25) is 5.15 Å². The van der Waals surface area contributed by atoms with E-state index >= 15 is 0 Å². The van der Waals surface area contributed by atoms with Gasteiger partial charge in [-0.05, 0) is 25.1 Å². The third-order valence-corrected chi connectivity index (χ3v) is 2.92. The van der Waals surface area contributed by atoms with Gasteiger partial charge in [-0.15, -0.1) is 12.4 Å². The number of hydrogen-bond acceptors (Lipinski definition) is 3. The first kappa shape index (κ1) is 14.2. The van der Waals surface area contributed by atoms with E-state index in [4.69, 9.17) is 11.6 Å². The fraction of sp³-hybridized carbons (Fsp3) is 0.455. The maximum absolute atomic E-state index is 12.1. The van der Waals surface area contributed by atoms with E-state index < -0.39 is 0 Å². The van der Waals surface area contributed by atoms with Crippen LogP contribution in [-0.2, 0) is 0 Å². The number of halogens is 2. The third-order valence-electron chi connectivity index (χ3n) is 2.62. The topological polar surface area (TPSA) is 45.2 Å². The molecule has 6 heteroatoms. The fourth-order valence-corrected chi connectivity index (χ4v) is 1.96. The number of amides is 1. The highest BCUT2D eigenvalue weighted by molar-refractivity contribution is 6.32. The first-order chi connectivity index (χ1) is 7.79. The van der Waals surface area contributed by atoms with Gasteiger partial charge >= 0.3 is 0 Å². The van der Waals surface area contributed by atoms with Crippen molar-refractivity contribution in [1.29, 1.82) is 0 Å². The summed E-state index contributed by atoms with van der Waals surface area (Å²) in [4.78, 5) is 17.9. The molecule has 0 spiro atoms. The number of nitrogens with one attached hydrogen (secondary N) is 1. The molecule has 0 aromatic carbocycles. The van der Waals surface area contributed by atoms with Gasteiger partial charge in [0.15, 0.2) is 0 Å². The monoisotopic (exact) mass is 275 g/mol. The molecule has 1 N–H and O–H groups in total. The van der Waals surface area contributed by atoms with Crippen molar-refractivity contribution >= 4 is 29.9 Å². The molecule has 0 unspecified atom stereocenters. The second kappa shape index (κ2) is 6.79. The maximum Gasteiger partial charge on any atom is 0.257 e. The minimum atomic E-state index is -0.0261. The predicted octanol–water partition coefficient (Wildman–Crippen LogP) is 1.59. The van der Waals surface area contributed by atoms with Gasteiger partial charge in [0.05, 0.1) is 5.56 Å². The number of rotatable bonds is 1. The van der Waals surface area contributed by atoms with Crippen LogP contribution in [0.25, 0.3) is 0 Å². The van der Waals surface area contributed by atoms with Gasteiger partial charge in [0.1, 0.15) is 5.15 Å². The second-order valence-corrected chi connectivity index (χ2v) is 4.10. The summed E-state index contributed by atoms with van der Waals surface area (Å²) in [6.07, 6.45) is 2.56. The van der Waals surface area contributed by atoms with E-state index in [1.54, 1.807) is 18.3 Å². The van der Waals surface area contributed by atoms with E-state index in [1.807, 2.05) is 4.90 Å². The van der Waals surface area contributed by atoms with Gasteiger partial charge in [0.2, 0.25) is 0 Å². The lowest BCUT2D eigenvalue weighted by Gasteiger charge is -2.20. The Morgan fingerprint density at radius 1 is 1.41 bits per heavy atom. The first-order valence-electron chi connectivity index (χ1n) is 5.39. The van der Waals surface area contributed by atoms with Crippen LogP contribution in [0.3, 0.4) is 0 Å². The molecule has 0 aliphatic carbocycles. The number of aromatic nitrogens is 1. The van der Waals surface area contributed by atoms with Gasteiger partial charge in [0, 0.05) is 25.8 Å². The average Bonchev–Trinajstić information content (AvgIpc) is 2.57. The molecule has 1 saturated heterocycles. The van der Waals surface area contributed by atoms with Crippen LogP contribution in [0.5, 0.6) is 0 Å². The van der Waals surface area contributed by atoms with Crippen LogP contribution in [-0.4, -0.2) is 42.0 Å². The molecule has 0 saturated carbocycles. The first-order valence-corrected chi connectivity index (χ1v) is 5.77. The van der Waals surface area contributed by atoms with Gasteiger partial charge < -0.3 is 10.2 Å². The van der Waals surface area contributed by atoms with Crippen molar-refractivity contribution in [2.75, 3.05) is 26.2 Å². The average molecular weight is 276 g/mol. The van der Waals surface area contributed by atoms with Gasteiger partial charge in [-0.25, -0.2) is 4.98 Å². The molecule has 1 aromatic rings. The zero-order valence-corrected chi connectivity index (χ0v) is 10.9. The van der Waals surface area contributed by atoms with E-state index in [9.17, 15) is 4.79 Å². The lowest BCUT2D eigenvalue weighted by molar-refractivity contribution is 0.0766. The zero-order chi connectivity index (χ0) is 11.4. The lowest BCUT2D eigenvalue weighted by atomic mass is 10.2. The lowest BCUT2D eigenvalue weighted by Crippen LogP contribution is -2.34. The molecule has 94 valence electrons. The molecular formula is C11H15Cl2N3O. The van der Waals surface area contributed by atoms with Crippen molar-refractivity contribution in [3.05, 3.63) is 29.0 Å². The highest BCUT2D eigenvalue weighted by Crippen LogP contribution is 2.14. The number of carbonyl (C=O) groups excluding carboxylic acids is 1. The number of nitrogens with zero attached hydrogens (tertiary/aromatic N) is 2. The Morgan fingerprint density at radius 3 is 3.00 bits per heavy atom. The van der Waals surface area contributed by atoms with Crippen LogP contribution < -0.4 is 5.32 Å². The minimum Gasteiger partial charge on any atom is -0.337 e. The third kappa shape index (κ3) is 3.56. The van der Waals surface area contributed by atoms with E-state index in [1.165, 1.54) is 0 Å². The van der Waals surface area contributed by atoms with Crippen molar-refractivity contribution in [3.63, 3.8) is 0 Å². The van der Waals surface area contributed by atoms with Gasteiger partial charge in [0.25, 0.3) is 5.91 Å². The van der Waals surface area contributed by atoms with Crippen molar-refractivity contribution < 1.29 is 4.79 Å². The van der Waals surface area contributed by atoms with E-state index in [-0.39, 0.29) is 23.5 Å². The quantitative estimate of drug-likeness (QED) is 0.792. The molecule has 2 heterocycles. The summed E-state index contributed by atoms with van der Waals surface area (Å²) in [5.41, 5.74) is 0.492. The fourth-order valence-electron chi connectivity index (χ4n) is 1.76. The SMILES string of the molecule is Cl.O=C(c1cccnc1Cl)N1CCCNCC1. The van der Waals surface area contributed by atoms with Crippen LogP contribution in [0.15, 0.2) is 18.3 Å². The summed E-state index contributed by atoms with van der Waals surface area (Å²) in [5.74, 6) is -0.0261. The van der Waals surface area contributed by atoms with Crippen LogP contribution in [0, 0.1) is 0 Å². The van der Waals surface area contributed by atoms with Crippen LogP contribution in [0.4, 0.5) is 0 Å². The Hall–Kier alpha value is -0.840. The Kier molecular flexibility index (Phi) is 5.68. The van der Waals surface area contributed by atoms with Crippen LogP contribution in [0.1, 0.15) is 16.8 Å². The normalized spacial score (nSPS) is 15.9. The second-order valence-electron chi connectivity index (χ2n) is 3.74. The maximum atomic E-state index is 12.1. The number of pyridine rings is 1. The van der Waals surface area contributed by atoms with E-state index in [0.717, 1.165) is 32.6 Å². The Bertz CT molecular complexity index is 379. The van der Waals surface area contributed by atoms with Crippen molar-refractivity contribution in [3.8, 4) is 0 Å². The van der Waals surface area contributed by atoms with E-state index in [0.29, 0.717) is 5.56 Å². The minimum absolute atomic E-state index is 0. The summed E-state index contributed by atoms with van der Waals surface area (Å²) in [5, 5.41) is 3.54. The summed E-state index contributed by atoms with van der Waals surface area (Å²) in [6.45, 7) is 3.30. The summed E-state index contributed by atoms with van der Waals surface area (Å²) >= 11 is 5.90.